The Bertz CT molecular complexity index is 253. The molecule has 1 N–H and O–H groups in total. The van der Waals surface area contributed by atoms with Gasteiger partial charge >= 0.3 is 5.97 Å². The van der Waals surface area contributed by atoms with Crippen LogP contribution in [0.1, 0.15) is 39.5 Å². The van der Waals surface area contributed by atoms with Gasteiger partial charge in [-0.2, -0.15) is 0 Å². The molecule has 1 amide bonds. The number of nitrogens with one attached hydrogen (secondary N) is 1. The Kier molecular flexibility index (Phi) is 5.29. The molecule has 0 radical (unpaired) electrons. The van der Waals surface area contributed by atoms with Crippen LogP contribution in [0.3, 0.4) is 0 Å². The molecule has 1 fully saturated rings. The van der Waals surface area contributed by atoms with Crippen LogP contribution in [0.25, 0.3) is 0 Å². The maximum atomic E-state index is 11.4. The van der Waals surface area contributed by atoms with Gasteiger partial charge in [0.25, 0.3) is 0 Å². The average molecular weight is 227 g/mol. The topological polar surface area (TPSA) is 55.4 Å². The van der Waals surface area contributed by atoms with Gasteiger partial charge in [0.2, 0.25) is 5.91 Å². The van der Waals surface area contributed by atoms with Crippen LogP contribution in [-0.4, -0.2) is 25.0 Å². The molecule has 0 bridgehead atoms. The molecule has 0 unspecified atom stereocenters. The van der Waals surface area contributed by atoms with Gasteiger partial charge in [-0.25, -0.2) is 0 Å². The fourth-order valence-electron chi connectivity index (χ4n) is 1.93. The predicted octanol–water partition coefficient (Wildman–Crippen LogP) is 1.49. The van der Waals surface area contributed by atoms with Crippen molar-refractivity contribution in [2.24, 2.45) is 11.8 Å². The Morgan fingerprint density at radius 3 is 2.94 bits per heavy atom. The average Bonchev–Trinajstić information content (AvgIpc) is 2.61. The highest BCUT2D eigenvalue weighted by molar-refractivity contribution is 5.78. The smallest absolute Gasteiger partial charge is 0.306 e. The molecule has 1 aliphatic heterocycles. The van der Waals surface area contributed by atoms with Crippen molar-refractivity contribution >= 4 is 11.9 Å². The molecule has 16 heavy (non-hydrogen) atoms. The lowest BCUT2D eigenvalue weighted by molar-refractivity contribution is -0.146. The van der Waals surface area contributed by atoms with Crippen molar-refractivity contribution in [2.75, 3.05) is 13.2 Å². The Hall–Kier alpha value is -1.06. The van der Waals surface area contributed by atoms with Crippen molar-refractivity contribution in [3.8, 4) is 0 Å². The molecule has 92 valence electrons. The summed E-state index contributed by atoms with van der Waals surface area (Å²) in [7, 11) is 0. The summed E-state index contributed by atoms with van der Waals surface area (Å²) in [5.41, 5.74) is 0. The van der Waals surface area contributed by atoms with Gasteiger partial charge in [0.15, 0.2) is 0 Å². The highest BCUT2D eigenvalue weighted by Crippen LogP contribution is 2.13. The monoisotopic (exact) mass is 227 g/mol. The highest BCUT2D eigenvalue weighted by Gasteiger charge is 2.22. The Morgan fingerprint density at radius 2 is 2.38 bits per heavy atom. The van der Waals surface area contributed by atoms with Crippen molar-refractivity contribution in [2.45, 2.75) is 39.5 Å². The molecule has 0 aromatic carbocycles. The van der Waals surface area contributed by atoms with Gasteiger partial charge in [-0.05, 0) is 5.92 Å². The van der Waals surface area contributed by atoms with E-state index in [1.807, 2.05) is 0 Å². The second-order valence-electron chi connectivity index (χ2n) is 4.66. The zero-order chi connectivity index (χ0) is 12.0. The van der Waals surface area contributed by atoms with E-state index in [1.165, 1.54) is 0 Å². The van der Waals surface area contributed by atoms with Gasteiger partial charge in [-0.15, -0.1) is 0 Å². The molecule has 4 nitrogen and oxygen atoms in total. The second kappa shape index (κ2) is 6.51. The van der Waals surface area contributed by atoms with E-state index >= 15 is 0 Å². The summed E-state index contributed by atoms with van der Waals surface area (Å²) in [5.74, 6) is 0.472. The number of hydrogen-bond acceptors (Lipinski definition) is 3. The van der Waals surface area contributed by atoms with Crippen molar-refractivity contribution in [1.82, 2.24) is 5.32 Å². The zero-order valence-electron chi connectivity index (χ0n) is 10.1. The molecule has 2 atom stereocenters. The SMILES string of the molecule is CCC[C@H](C)CC(=O)OC[C@H]1CNC(=O)C1. The van der Waals surface area contributed by atoms with E-state index in [4.69, 9.17) is 4.74 Å². The van der Waals surface area contributed by atoms with E-state index in [-0.39, 0.29) is 17.8 Å². The molecule has 0 spiro atoms. The van der Waals surface area contributed by atoms with E-state index < -0.39 is 0 Å². The summed E-state index contributed by atoms with van der Waals surface area (Å²) in [6, 6.07) is 0. The molecule has 0 aromatic heterocycles. The third-order valence-corrected chi connectivity index (χ3v) is 2.84. The predicted molar refractivity (Wildman–Crippen MR) is 60.8 cm³/mol. The highest BCUT2D eigenvalue weighted by atomic mass is 16.5. The summed E-state index contributed by atoms with van der Waals surface area (Å²) in [6.45, 7) is 5.18. The van der Waals surface area contributed by atoms with Gasteiger partial charge < -0.3 is 10.1 Å². The van der Waals surface area contributed by atoms with Crippen molar-refractivity contribution < 1.29 is 14.3 Å². The molecular weight excluding hydrogens is 206 g/mol. The van der Waals surface area contributed by atoms with Gasteiger partial charge in [0, 0.05) is 25.3 Å². The minimum Gasteiger partial charge on any atom is -0.465 e. The van der Waals surface area contributed by atoms with Crippen LogP contribution in [0, 0.1) is 11.8 Å². The van der Waals surface area contributed by atoms with E-state index in [9.17, 15) is 9.59 Å². The third-order valence-electron chi connectivity index (χ3n) is 2.84. The van der Waals surface area contributed by atoms with Crippen LogP contribution in [0.4, 0.5) is 0 Å². The first kappa shape index (κ1) is 13.0. The van der Waals surface area contributed by atoms with Gasteiger partial charge in [-0.1, -0.05) is 26.7 Å². The zero-order valence-corrected chi connectivity index (χ0v) is 10.1. The standard InChI is InChI=1S/C12H21NO3/c1-3-4-9(2)5-12(15)16-8-10-6-11(14)13-7-10/h9-10H,3-8H2,1-2H3,(H,13,14)/t9-,10+/m0/s1. The molecule has 1 rings (SSSR count). The molecule has 1 saturated heterocycles. The quantitative estimate of drug-likeness (QED) is 0.699. The maximum Gasteiger partial charge on any atom is 0.306 e. The number of esters is 1. The number of hydrogen-bond donors (Lipinski definition) is 1. The fourth-order valence-corrected chi connectivity index (χ4v) is 1.93. The van der Waals surface area contributed by atoms with Gasteiger partial charge in [0.1, 0.15) is 0 Å². The number of amides is 1. The normalized spacial score (nSPS) is 21.6. The number of ether oxygens (including phenoxy) is 1. The summed E-state index contributed by atoms with van der Waals surface area (Å²) in [6.07, 6.45) is 3.12. The summed E-state index contributed by atoms with van der Waals surface area (Å²) in [5, 5.41) is 2.72. The largest absolute Gasteiger partial charge is 0.465 e. The van der Waals surface area contributed by atoms with Crippen LogP contribution < -0.4 is 5.32 Å². The van der Waals surface area contributed by atoms with Crippen molar-refractivity contribution in [3.63, 3.8) is 0 Å². The van der Waals surface area contributed by atoms with Gasteiger partial charge in [-0.3, -0.25) is 9.59 Å². The number of carbonyl (C=O) groups is 2. The Balaban J connectivity index is 2.12. The lowest BCUT2D eigenvalue weighted by Gasteiger charge is -2.11. The molecule has 0 aromatic rings. The van der Waals surface area contributed by atoms with E-state index in [0.717, 1.165) is 12.8 Å². The molecular formula is C12H21NO3. The maximum absolute atomic E-state index is 11.4. The van der Waals surface area contributed by atoms with E-state index in [1.54, 1.807) is 0 Å². The summed E-state index contributed by atoms with van der Waals surface area (Å²) in [4.78, 5) is 22.3. The second-order valence-corrected chi connectivity index (χ2v) is 4.66. The Morgan fingerprint density at radius 1 is 1.62 bits per heavy atom. The lowest BCUT2D eigenvalue weighted by Crippen LogP contribution is -2.18. The molecule has 1 heterocycles. The minimum atomic E-state index is -0.139. The lowest BCUT2D eigenvalue weighted by atomic mass is 10.0. The first-order valence-corrected chi connectivity index (χ1v) is 6.04. The molecule has 0 saturated carbocycles. The van der Waals surface area contributed by atoms with Crippen molar-refractivity contribution in [1.29, 1.82) is 0 Å². The first-order chi connectivity index (χ1) is 7.61. The minimum absolute atomic E-state index is 0.0559. The van der Waals surface area contributed by atoms with Crippen molar-refractivity contribution in [3.05, 3.63) is 0 Å². The number of carbonyl (C=O) groups excluding carboxylic acids is 2. The van der Waals surface area contributed by atoms with E-state index in [2.05, 4.69) is 19.2 Å². The third kappa shape index (κ3) is 4.64. The van der Waals surface area contributed by atoms with Gasteiger partial charge in [0.05, 0.1) is 6.61 Å². The first-order valence-electron chi connectivity index (χ1n) is 6.04. The van der Waals surface area contributed by atoms with Crippen LogP contribution in [-0.2, 0) is 14.3 Å². The van der Waals surface area contributed by atoms with Crippen LogP contribution in [0.5, 0.6) is 0 Å². The molecule has 0 aliphatic carbocycles. The van der Waals surface area contributed by atoms with Crippen LogP contribution in [0.15, 0.2) is 0 Å². The number of rotatable bonds is 6. The summed E-state index contributed by atoms with van der Waals surface area (Å²) < 4.78 is 5.16. The fraction of sp³-hybridized carbons (Fsp3) is 0.833. The molecule has 1 aliphatic rings. The Labute approximate surface area is 96.7 Å². The van der Waals surface area contributed by atoms with Crippen LogP contribution >= 0.6 is 0 Å². The van der Waals surface area contributed by atoms with E-state index in [0.29, 0.717) is 31.9 Å². The molecule has 4 heteroatoms. The summed E-state index contributed by atoms with van der Waals surface area (Å²) >= 11 is 0. The van der Waals surface area contributed by atoms with Crippen LogP contribution in [0.2, 0.25) is 0 Å².